The molecule has 2 aromatic carbocycles. The van der Waals surface area contributed by atoms with Crippen molar-refractivity contribution in [1.82, 2.24) is 4.90 Å². The standard InChI is InChI=1S/C23H28ClNO4.ClH/c1-4-12-25(15-22(26)19-6-5-7-20(24)14-19)17(2)13-18-8-10-21(11-9-18)29-16-23(27)28-3;/h4-11,14,17,22,26H,1,12-13,15-16H2,2-3H3;1H. The Hall–Kier alpha value is -2.05. The number of carbonyl (C=O) groups excluding carboxylic acids is 1. The Morgan fingerprint density at radius 3 is 2.57 bits per heavy atom. The first-order valence-electron chi connectivity index (χ1n) is 9.50. The SMILES string of the molecule is C=CCN(CC(O)c1cccc(Cl)c1)C(C)Cc1ccc(OCC(=O)OC)cc1.Cl. The van der Waals surface area contributed by atoms with Crippen LogP contribution in [0.15, 0.2) is 61.2 Å². The van der Waals surface area contributed by atoms with E-state index in [1.807, 2.05) is 42.5 Å². The second kappa shape index (κ2) is 13.3. The van der Waals surface area contributed by atoms with E-state index in [2.05, 4.69) is 23.1 Å². The Morgan fingerprint density at radius 2 is 1.97 bits per heavy atom. The molecule has 1 N–H and O–H groups in total. The largest absolute Gasteiger partial charge is 0.482 e. The predicted octanol–water partition coefficient (Wildman–Crippen LogP) is 4.47. The Kier molecular flexibility index (Phi) is 11.5. The summed E-state index contributed by atoms with van der Waals surface area (Å²) < 4.78 is 9.94. The van der Waals surface area contributed by atoms with Gasteiger partial charge in [0.1, 0.15) is 5.75 Å². The van der Waals surface area contributed by atoms with E-state index in [0.29, 0.717) is 23.9 Å². The van der Waals surface area contributed by atoms with Gasteiger partial charge < -0.3 is 14.6 Å². The van der Waals surface area contributed by atoms with Crippen LogP contribution in [0.4, 0.5) is 0 Å². The van der Waals surface area contributed by atoms with Crippen LogP contribution in [-0.2, 0) is 16.0 Å². The molecule has 2 unspecified atom stereocenters. The predicted molar refractivity (Wildman–Crippen MR) is 123 cm³/mol. The van der Waals surface area contributed by atoms with Crippen LogP contribution in [0.25, 0.3) is 0 Å². The summed E-state index contributed by atoms with van der Waals surface area (Å²) in [6.45, 7) is 6.99. The van der Waals surface area contributed by atoms with Gasteiger partial charge in [-0.25, -0.2) is 4.79 Å². The number of nitrogens with zero attached hydrogens (tertiary/aromatic N) is 1. The normalized spacial score (nSPS) is 12.6. The highest BCUT2D eigenvalue weighted by molar-refractivity contribution is 6.30. The van der Waals surface area contributed by atoms with Gasteiger partial charge in [-0.3, -0.25) is 4.90 Å². The van der Waals surface area contributed by atoms with Gasteiger partial charge in [0.15, 0.2) is 6.61 Å². The maximum Gasteiger partial charge on any atom is 0.343 e. The minimum atomic E-state index is -0.634. The lowest BCUT2D eigenvalue weighted by Gasteiger charge is -2.30. The molecule has 0 spiro atoms. The number of aliphatic hydroxyl groups excluding tert-OH is 1. The molecular formula is C23H29Cl2NO4. The van der Waals surface area contributed by atoms with Crippen LogP contribution in [0.1, 0.15) is 24.2 Å². The molecule has 0 aliphatic heterocycles. The number of esters is 1. The molecule has 2 rings (SSSR count). The number of benzene rings is 2. The molecule has 0 radical (unpaired) electrons. The minimum Gasteiger partial charge on any atom is -0.482 e. The molecule has 5 nitrogen and oxygen atoms in total. The number of aliphatic hydroxyl groups is 1. The Labute approximate surface area is 189 Å². The van der Waals surface area contributed by atoms with Crippen LogP contribution in [0, 0.1) is 0 Å². The lowest BCUT2D eigenvalue weighted by Crippen LogP contribution is -2.38. The molecule has 2 atom stereocenters. The van der Waals surface area contributed by atoms with Crippen molar-refractivity contribution in [2.24, 2.45) is 0 Å². The summed E-state index contributed by atoms with van der Waals surface area (Å²) in [7, 11) is 1.33. The van der Waals surface area contributed by atoms with E-state index in [1.165, 1.54) is 7.11 Å². The fourth-order valence-corrected chi connectivity index (χ4v) is 3.23. The van der Waals surface area contributed by atoms with Crippen LogP contribution in [0.5, 0.6) is 5.75 Å². The minimum absolute atomic E-state index is 0. The van der Waals surface area contributed by atoms with Crippen molar-refractivity contribution >= 4 is 30.0 Å². The summed E-state index contributed by atoms with van der Waals surface area (Å²) in [5.41, 5.74) is 1.93. The van der Waals surface area contributed by atoms with Gasteiger partial charge >= 0.3 is 5.97 Å². The highest BCUT2D eigenvalue weighted by Crippen LogP contribution is 2.21. The van der Waals surface area contributed by atoms with Gasteiger partial charge in [-0.05, 0) is 48.7 Å². The van der Waals surface area contributed by atoms with Gasteiger partial charge in [-0.1, -0.05) is 41.9 Å². The number of carbonyl (C=O) groups is 1. The van der Waals surface area contributed by atoms with Gasteiger partial charge in [0.05, 0.1) is 13.2 Å². The number of halogens is 2. The first kappa shape index (κ1) is 26.0. The monoisotopic (exact) mass is 453 g/mol. The number of methoxy groups -OCH3 is 1. The van der Waals surface area contributed by atoms with Crippen LogP contribution in [0.3, 0.4) is 0 Å². The van der Waals surface area contributed by atoms with Gasteiger partial charge in [0, 0.05) is 24.2 Å². The Morgan fingerprint density at radius 1 is 1.27 bits per heavy atom. The van der Waals surface area contributed by atoms with Crippen molar-refractivity contribution in [2.45, 2.75) is 25.5 Å². The van der Waals surface area contributed by atoms with Crippen LogP contribution >= 0.6 is 24.0 Å². The first-order valence-corrected chi connectivity index (χ1v) is 9.87. The molecule has 7 heteroatoms. The molecule has 0 aliphatic rings. The molecule has 0 aromatic heterocycles. The molecule has 0 bridgehead atoms. The zero-order valence-corrected chi connectivity index (χ0v) is 18.9. The first-order chi connectivity index (χ1) is 13.9. The summed E-state index contributed by atoms with van der Waals surface area (Å²) in [5, 5.41) is 11.2. The number of hydrogen-bond donors (Lipinski definition) is 1. The highest BCUT2D eigenvalue weighted by Gasteiger charge is 2.18. The Balaban J connectivity index is 0.00000450. The third-order valence-electron chi connectivity index (χ3n) is 4.67. The van der Waals surface area contributed by atoms with Crippen molar-refractivity contribution in [1.29, 1.82) is 0 Å². The average molecular weight is 454 g/mol. The summed E-state index contributed by atoms with van der Waals surface area (Å²) in [5.74, 6) is 0.201. The van der Waals surface area contributed by atoms with E-state index < -0.39 is 12.1 Å². The highest BCUT2D eigenvalue weighted by atomic mass is 35.5. The molecular weight excluding hydrogens is 425 g/mol. The zero-order valence-electron chi connectivity index (χ0n) is 17.3. The number of rotatable bonds is 11. The van der Waals surface area contributed by atoms with Gasteiger partial charge in [0.25, 0.3) is 0 Å². The topological polar surface area (TPSA) is 59.0 Å². The molecule has 0 saturated carbocycles. The van der Waals surface area contributed by atoms with Crippen molar-refractivity contribution in [2.75, 3.05) is 26.8 Å². The molecule has 164 valence electrons. The molecule has 0 amide bonds. The zero-order chi connectivity index (χ0) is 21.2. The second-order valence-corrected chi connectivity index (χ2v) is 7.31. The molecule has 2 aromatic rings. The van der Waals surface area contributed by atoms with Crippen LogP contribution in [-0.4, -0.2) is 48.8 Å². The molecule has 0 fully saturated rings. The van der Waals surface area contributed by atoms with Crippen LogP contribution in [0.2, 0.25) is 5.02 Å². The van der Waals surface area contributed by atoms with Crippen molar-refractivity contribution < 1.29 is 19.4 Å². The summed E-state index contributed by atoms with van der Waals surface area (Å²) in [4.78, 5) is 13.3. The van der Waals surface area contributed by atoms with Gasteiger partial charge in [-0.15, -0.1) is 19.0 Å². The Bertz CT molecular complexity index is 798. The van der Waals surface area contributed by atoms with E-state index in [-0.39, 0.29) is 25.1 Å². The maximum absolute atomic E-state index is 11.2. The maximum atomic E-state index is 11.2. The molecule has 0 aliphatic carbocycles. The van der Waals surface area contributed by atoms with Gasteiger partial charge in [0.2, 0.25) is 0 Å². The van der Waals surface area contributed by atoms with Crippen LogP contribution < -0.4 is 4.74 Å². The summed E-state index contributed by atoms with van der Waals surface area (Å²) in [6.07, 6.45) is 2.00. The average Bonchev–Trinajstić information content (AvgIpc) is 2.72. The van der Waals surface area contributed by atoms with Gasteiger partial charge in [-0.2, -0.15) is 0 Å². The fourth-order valence-electron chi connectivity index (χ4n) is 3.03. The lowest BCUT2D eigenvalue weighted by atomic mass is 10.0. The third kappa shape index (κ3) is 8.36. The van der Waals surface area contributed by atoms with Crippen molar-refractivity contribution in [3.05, 3.63) is 77.3 Å². The quantitative estimate of drug-likeness (QED) is 0.401. The molecule has 0 saturated heterocycles. The van der Waals surface area contributed by atoms with E-state index in [9.17, 15) is 9.90 Å². The second-order valence-electron chi connectivity index (χ2n) is 6.88. The van der Waals surface area contributed by atoms with E-state index >= 15 is 0 Å². The van der Waals surface area contributed by atoms with E-state index in [0.717, 1.165) is 17.5 Å². The summed E-state index contributed by atoms with van der Waals surface area (Å²) in [6, 6.07) is 15.1. The molecule has 30 heavy (non-hydrogen) atoms. The number of hydrogen-bond acceptors (Lipinski definition) is 5. The van der Waals surface area contributed by atoms with E-state index in [1.54, 1.807) is 12.1 Å². The molecule has 0 heterocycles. The van der Waals surface area contributed by atoms with Crippen molar-refractivity contribution in [3.8, 4) is 5.75 Å². The van der Waals surface area contributed by atoms with Crippen molar-refractivity contribution in [3.63, 3.8) is 0 Å². The third-order valence-corrected chi connectivity index (χ3v) is 4.90. The fraction of sp³-hybridized carbons (Fsp3) is 0.348. The lowest BCUT2D eigenvalue weighted by molar-refractivity contribution is -0.142. The summed E-state index contributed by atoms with van der Waals surface area (Å²) >= 11 is 6.04. The van der Waals surface area contributed by atoms with E-state index in [4.69, 9.17) is 16.3 Å². The number of ether oxygens (including phenoxy) is 2. The smallest absolute Gasteiger partial charge is 0.343 e.